The topological polar surface area (TPSA) is 86.8 Å². The number of halogens is 5. The highest BCUT2D eigenvalue weighted by molar-refractivity contribution is 7.92. The minimum absolute atomic E-state index is 0.180. The maximum atomic E-state index is 13.4. The number of carbonyl (C=O) groups is 2. The Morgan fingerprint density at radius 3 is 2.19 bits per heavy atom. The molecule has 0 aromatic heterocycles. The second-order valence-corrected chi connectivity index (χ2v) is 10.9. The van der Waals surface area contributed by atoms with Crippen LogP contribution in [0.15, 0.2) is 42.5 Å². The SMILES string of the molecule is CC[C@H](C)NC(=O)[C@@H](C)N(Cc1ccc(F)cc1)C(=O)CN(c1ccc(Cl)c(C(F)(F)F)c1)S(C)(=O)=O. The number of sulfonamides is 1. The largest absolute Gasteiger partial charge is 0.417 e. The molecule has 37 heavy (non-hydrogen) atoms. The van der Waals surface area contributed by atoms with E-state index in [2.05, 4.69) is 5.32 Å². The van der Waals surface area contributed by atoms with Gasteiger partial charge in [-0.25, -0.2) is 12.8 Å². The van der Waals surface area contributed by atoms with Crippen molar-refractivity contribution in [2.45, 2.75) is 52.0 Å². The predicted octanol–water partition coefficient (Wildman–Crippen LogP) is 4.60. The molecule has 2 rings (SSSR count). The lowest BCUT2D eigenvalue weighted by Gasteiger charge is -2.32. The quantitative estimate of drug-likeness (QED) is 0.427. The number of amides is 2. The van der Waals surface area contributed by atoms with Gasteiger partial charge in [-0.2, -0.15) is 13.2 Å². The van der Waals surface area contributed by atoms with E-state index in [1.807, 2.05) is 6.92 Å². The van der Waals surface area contributed by atoms with Crippen molar-refractivity contribution in [2.24, 2.45) is 0 Å². The monoisotopic (exact) mass is 565 g/mol. The molecule has 7 nitrogen and oxygen atoms in total. The number of carbonyl (C=O) groups excluding carboxylic acids is 2. The lowest BCUT2D eigenvalue weighted by Crippen LogP contribution is -2.52. The average Bonchev–Trinajstić information content (AvgIpc) is 2.80. The van der Waals surface area contributed by atoms with Gasteiger partial charge in [-0.15, -0.1) is 0 Å². The lowest BCUT2D eigenvalue weighted by molar-refractivity contribution is -0.139. The summed E-state index contributed by atoms with van der Waals surface area (Å²) in [5.74, 6) is -1.89. The molecule has 0 saturated carbocycles. The number of nitrogens with one attached hydrogen (secondary N) is 1. The number of alkyl halides is 3. The molecule has 13 heteroatoms. The fourth-order valence-corrected chi connectivity index (χ4v) is 4.40. The predicted molar refractivity (Wildman–Crippen MR) is 133 cm³/mol. The average molecular weight is 566 g/mol. The first-order valence-electron chi connectivity index (χ1n) is 11.2. The third kappa shape index (κ3) is 8.32. The van der Waals surface area contributed by atoms with Gasteiger partial charge in [0.1, 0.15) is 18.4 Å². The summed E-state index contributed by atoms with van der Waals surface area (Å²) in [5, 5.41) is 2.11. The van der Waals surface area contributed by atoms with Crippen molar-refractivity contribution in [2.75, 3.05) is 17.1 Å². The molecule has 0 unspecified atom stereocenters. The molecule has 0 aliphatic rings. The van der Waals surface area contributed by atoms with E-state index in [1.54, 1.807) is 6.92 Å². The molecule has 0 aliphatic heterocycles. The Balaban J connectivity index is 2.47. The highest BCUT2D eigenvalue weighted by Crippen LogP contribution is 2.37. The van der Waals surface area contributed by atoms with Crippen LogP contribution in [-0.4, -0.2) is 50.0 Å². The summed E-state index contributed by atoms with van der Waals surface area (Å²) in [6, 6.07) is 6.32. The summed E-state index contributed by atoms with van der Waals surface area (Å²) in [4.78, 5) is 27.3. The van der Waals surface area contributed by atoms with Crippen molar-refractivity contribution >= 4 is 39.1 Å². The molecule has 2 aromatic rings. The van der Waals surface area contributed by atoms with E-state index in [4.69, 9.17) is 11.6 Å². The van der Waals surface area contributed by atoms with E-state index in [-0.39, 0.29) is 12.6 Å². The van der Waals surface area contributed by atoms with Crippen LogP contribution in [0.2, 0.25) is 5.02 Å². The normalized spacial score (nSPS) is 13.5. The number of rotatable bonds is 10. The van der Waals surface area contributed by atoms with E-state index in [9.17, 15) is 35.6 Å². The van der Waals surface area contributed by atoms with Crippen molar-refractivity contribution in [3.63, 3.8) is 0 Å². The van der Waals surface area contributed by atoms with Gasteiger partial charge in [-0.05, 0) is 56.2 Å². The molecule has 0 heterocycles. The van der Waals surface area contributed by atoms with Gasteiger partial charge in [0.15, 0.2) is 0 Å². The van der Waals surface area contributed by atoms with E-state index in [0.29, 0.717) is 22.4 Å². The summed E-state index contributed by atoms with van der Waals surface area (Å²) in [6.07, 6.45) is -3.51. The van der Waals surface area contributed by atoms with Crippen LogP contribution in [0.3, 0.4) is 0 Å². The zero-order chi connectivity index (χ0) is 28.1. The van der Waals surface area contributed by atoms with Gasteiger partial charge < -0.3 is 10.2 Å². The molecular weight excluding hydrogens is 538 g/mol. The standard InChI is InChI=1S/C24H28ClF4N3O4S/c1-5-15(2)30-23(34)16(3)31(13-17-6-8-18(26)9-7-17)22(33)14-32(37(4,35)36)19-10-11-21(25)20(12-19)24(27,28)29/h6-12,15-16H,5,13-14H2,1-4H3,(H,30,34)/t15-,16+/m0/s1. The fourth-order valence-electron chi connectivity index (χ4n) is 3.33. The van der Waals surface area contributed by atoms with Gasteiger partial charge >= 0.3 is 6.18 Å². The Labute approximate surface area is 218 Å². The number of hydrogen-bond donors (Lipinski definition) is 1. The summed E-state index contributed by atoms with van der Waals surface area (Å²) >= 11 is 5.65. The third-order valence-electron chi connectivity index (χ3n) is 5.66. The molecule has 204 valence electrons. The molecule has 0 radical (unpaired) electrons. The Hall–Kier alpha value is -2.86. The van der Waals surface area contributed by atoms with Gasteiger partial charge in [0.25, 0.3) is 0 Å². The minimum atomic E-state index is -4.86. The zero-order valence-electron chi connectivity index (χ0n) is 20.6. The molecule has 0 bridgehead atoms. The molecule has 1 N–H and O–H groups in total. The van der Waals surface area contributed by atoms with Crippen molar-refractivity contribution in [3.8, 4) is 0 Å². The molecule has 0 spiro atoms. The van der Waals surface area contributed by atoms with E-state index >= 15 is 0 Å². The van der Waals surface area contributed by atoms with E-state index in [0.717, 1.165) is 35.4 Å². The molecule has 0 fully saturated rings. The van der Waals surface area contributed by atoms with Crippen LogP contribution in [0.5, 0.6) is 0 Å². The highest BCUT2D eigenvalue weighted by atomic mass is 35.5. The van der Waals surface area contributed by atoms with Gasteiger partial charge in [0, 0.05) is 12.6 Å². The van der Waals surface area contributed by atoms with Crippen LogP contribution < -0.4 is 9.62 Å². The minimum Gasteiger partial charge on any atom is -0.352 e. The Morgan fingerprint density at radius 2 is 1.68 bits per heavy atom. The maximum absolute atomic E-state index is 13.4. The molecule has 2 atom stereocenters. The van der Waals surface area contributed by atoms with E-state index < -0.39 is 62.7 Å². The lowest BCUT2D eigenvalue weighted by atomic mass is 10.1. The van der Waals surface area contributed by atoms with Gasteiger partial charge in [-0.3, -0.25) is 13.9 Å². The maximum Gasteiger partial charge on any atom is 0.417 e. The van der Waals surface area contributed by atoms with Crippen LogP contribution in [0, 0.1) is 5.82 Å². The van der Waals surface area contributed by atoms with Crippen molar-refractivity contribution < 1.29 is 35.6 Å². The molecule has 2 amide bonds. The first kappa shape index (κ1) is 30.4. The Kier molecular flexibility index (Phi) is 9.95. The first-order chi connectivity index (χ1) is 17.0. The molecule has 0 aliphatic carbocycles. The number of benzene rings is 2. The Morgan fingerprint density at radius 1 is 1.08 bits per heavy atom. The fraction of sp³-hybridized carbons (Fsp3) is 0.417. The van der Waals surface area contributed by atoms with E-state index in [1.165, 1.54) is 19.1 Å². The summed E-state index contributed by atoms with van der Waals surface area (Å²) in [6.45, 7) is 3.98. The Bertz CT molecular complexity index is 1220. The van der Waals surface area contributed by atoms with Crippen LogP contribution in [0.1, 0.15) is 38.3 Å². The van der Waals surface area contributed by atoms with Crippen LogP contribution in [-0.2, 0) is 32.3 Å². The van der Waals surface area contributed by atoms with Crippen LogP contribution in [0.25, 0.3) is 0 Å². The second kappa shape index (κ2) is 12.1. The zero-order valence-corrected chi connectivity index (χ0v) is 22.2. The summed E-state index contributed by atoms with van der Waals surface area (Å²) in [5.41, 5.74) is -1.24. The highest BCUT2D eigenvalue weighted by Gasteiger charge is 2.35. The molecule has 2 aromatic carbocycles. The van der Waals surface area contributed by atoms with Crippen LogP contribution >= 0.6 is 11.6 Å². The number of nitrogens with zero attached hydrogens (tertiary/aromatic N) is 2. The number of anilines is 1. The van der Waals surface area contributed by atoms with Gasteiger partial charge in [0.2, 0.25) is 21.8 Å². The van der Waals surface area contributed by atoms with Crippen molar-refractivity contribution in [3.05, 3.63) is 64.4 Å². The number of hydrogen-bond acceptors (Lipinski definition) is 4. The molecule has 0 saturated heterocycles. The van der Waals surface area contributed by atoms with Gasteiger partial charge in [-0.1, -0.05) is 30.7 Å². The first-order valence-corrected chi connectivity index (χ1v) is 13.5. The van der Waals surface area contributed by atoms with Crippen molar-refractivity contribution in [1.82, 2.24) is 10.2 Å². The van der Waals surface area contributed by atoms with Crippen LogP contribution in [0.4, 0.5) is 23.2 Å². The smallest absolute Gasteiger partial charge is 0.352 e. The molecular formula is C24H28ClF4N3O4S. The second-order valence-electron chi connectivity index (χ2n) is 8.57. The summed E-state index contributed by atoms with van der Waals surface area (Å²) < 4.78 is 79.1. The van der Waals surface area contributed by atoms with Crippen molar-refractivity contribution in [1.29, 1.82) is 0 Å². The third-order valence-corrected chi connectivity index (χ3v) is 7.13. The van der Waals surface area contributed by atoms with Gasteiger partial charge in [0.05, 0.1) is 22.5 Å². The summed E-state index contributed by atoms with van der Waals surface area (Å²) in [7, 11) is -4.24.